The topological polar surface area (TPSA) is 69.4 Å². The second kappa shape index (κ2) is 4.19. The highest BCUT2D eigenvalue weighted by molar-refractivity contribution is 9.10. The average molecular weight is 260 g/mol. The van der Waals surface area contributed by atoms with Crippen LogP contribution in [0.3, 0.4) is 0 Å². The van der Waals surface area contributed by atoms with Gasteiger partial charge in [-0.3, -0.25) is 14.9 Å². The summed E-state index contributed by atoms with van der Waals surface area (Å²) in [7, 11) is 1.35. The third-order valence-corrected chi connectivity index (χ3v) is 2.29. The van der Waals surface area contributed by atoms with Gasteiger partial charge in [-0.1, -0.05) is 0 Å². The molecule has 0 radical (unpaired) electrons. The summed E-state index contributed by atoms with van der Waals surface area (Å²) in [5.74, 6) is 0.190. The molecule has 0 spiro atoms. The highest BCUT2D eigenvalue weighted by Crippen LogP contribution is 2.33. The van der Waals surface area contributed by atoms with E-state index in [1.165, 1.54) is 19.2 Å². The van der Waals surface area contributed by atoms with Crippen molar-refractivity contribution >= 4 is 27.9 Å². The molecule has 0 aromatic heterocycles. The first kappa shape index (κ1) is 10.6. The molecule has 0 heterocycles. The van der Waals surface area contributed by atoms with Crippen LogP contribution < -0.4 is 4.74 Å². The van der Waals surface area contributed by atoms with E-state index in [9.17, 15) is 14.9 Å². The monoisotopic (exact) mass is 259 g/mol. The number of nitro groups is 1. The van der Waals surface area contributed by atoms with Gasteiger partial charge in [-0.05, 0) is 28.1 Å². The molecule has 6 heteroatoms. The molecule has 1 rings (SSSR count). The summed E-state index contributed by atoms with van der Waals surface area (Å²) in [6.07, 6.45) is 0.404. The number of rotatable bonds is 3. The van der Waals surface area contributed by atoms with Crippen LogP contribution in [0, 0.1) is 10.1 Å². The normalized spacial score (nSPS) is 9.57. The molecule has 0 aliphatic rings. The van der Waals surface area contributed by atoms with E-state index in [0.29, 0.717) is 6.29 Å². The van der Waals surface area contributed by atoms with Crippen LogP contribution in [0.4, 0.5) is 5.69 Å². The molecule has 0 N–H and O–H groups in total. The Morgan fingerprint density at radius 3 is 2.64 bits per heavy atom. The SMILES string of the molecule is COc1ccc(Br)c([N+](=O)[O-])c1C=O. The lowest BCUT2D eigenvalue weighted by atomic mass is 10.2. The minimum Gasteiger partial charge on any atom is -0.496 e. The van der Waals surface area contributed by atoms with Gasteiger partial charge in [0.15, 0.2) is 6.29 Å². The number of carbonyl (C=O) groups excluding carboxylic acids is 1. The van der Waals surface area contributed by atoms with Crippen LogP contribution in [0.5, 0.6) is 5.75 Å². The Bertz CT molecular complexity index is 391. The third-order valence-electron chi connectivity index (χ3n) is 1.65. The molecule has 0 aliphatic heterocycles. The molecule has 0 fully saturated rings. The number of nitrogens with zero attached hydrogens (tertiary/aromatic N) is 1. The molecule has 0 amide bonds. The van der Waals surface area contributed by atoms with Crippen LogP contribution in [0.25, 0.3) is 0 Å². The van der Waals surface area contributed by atoms with Gasteiger partial charge in [0, 0.05) is 0 Å². The molecule has 0 saturated carbocycles. The summed E-state index contributed by atoms with van der Waals surface area (Å²) in [4.78, 5) is 20.7. The van der Waals surface area contributed by atoms with Crippen molar-refractivity contribution in [2.24, 2.45) is 0 Å². The zero-order valence-electron chi connectivity index (χ0n) is 7.19. The van der Waals surface area contributed by atoms with Crippen LogP contribution in [-0.4, -0.2) is 18.3 Å². The predicted octanol–water partition coefficient (Wildman–Crippen LogP) is 2.18. The van der Waals surface area contributed by atoms with E-state index in [2.05, 4.69) is 15.9 Å². The van der Waals surface area contributed by atoms with Gasteiger partial charge in [0.25, 0.3) is 5.69 Å². The zero-order valence-corrected chi connectivity index (χ0v) is 8.78. The number of hydrogen-bond donors (Lipinski definition) is 0. The number of halogens is 1. The highest BCUT2D eigenvalue weighted by atomic mass is 79.9. The lowest BCUT2D eigenvalue weighted by Crippen LogP contribution is -1.98. The Balaban J connectivity index is 3.50. The van der Waals surface area contributed by atoms with Crippen LogP contribution in [0.1, 0.15) is 10.4 Å². The first-order valence-electron chi connectivity index (χ1n) is 3.58. The van der Waals surface area contributed by atoms with Crippen molar-refractivity contribution in [2.45, 2.75) is 0 Å². The summed E-state index contributed by atoms with van der Waals surface area (Å²) in [6.45, 7) is 0. The summed E-state index contributed by atoms with van der Waals surface area (Å²) >= 11 is 3.00. The maximum atomic E-state index is 10.7. The average Bonchev–Trinajstić information content (AvgIpc) is 2.16. The van der Waals surface area contributed by atoms with Gasteiger partial charge in [-0.25, -0.2) is 0 Å². The molecule has 5 nitrogen and oxygen atoms in total. The highest BCUT2D eigenvalue weighted by Gasteiger charge is 2.21. The molecular weight excluding hydrogens is 254 g/mol. The van der Waals surface area contributed by atoms with Crippen molar-refractivity contribution in [3.8, 4) is 5.75 Å². The van der Waals surface area contributed by atoms with E-state index in [1.807, 2.05) is 0 Å². The number of benzene rings is 1. The third kappa shape index (κ3) is 1.74. The van der Waals surface area contributed by atoms with Crippen molar-refractivity contribution in [1.82, 2.24) is 0 Å². The Hall–Kier alpha value is -1.43. The Morgan fingerprint density at radius 2 is 2.21 bits per heavy atom. The summed E-state index contributed by atoms with van der Waals surface area (Å²) < 4.78 is 5.08. The van der Waals surface area contributed by atoms with Crippen molar-refractivity contribution in [3.05, 3.63) is 32.3 Å². The van der Waals surface area contributed by atoms with Crippen LogP contribution in [0.2, 0.25) is 0 Å². The number of carbonyl (C=O) groups is 1. The summed E-state index contributed by atoms with van der Waals surface area (Å²) in [5, 5.41) is 10.6. The number of ether oxygens (including phenoxy) is 1. The fraction of sp³-hybridized carbons (Fsp3) is 0.125. The second-order valence-electron chi connectivity index (χ2n) is 2.39. The fourth-order valence-electron chi connectivity index (χ4n) is 1.04. The van der Waals surface area contributed by atoms with E-state index < -0.39 is 4.92 Å². The number of hydrogen-bond acceptors (Lipinski definition) is 4. The van der Waals surface area contributed by atoms with Crippen LogP contribution in [-0.2, 0) is 0 Å². The minimum atomic E-state index is -0.629. The van der Waals surface area contributed by atoms with Crippen molar-refractivity contribution < 1.29 is 14.5 Å². The first-order valence-corrected chi connectivity index (χ1v) is 4.37. The van der Waals surface area contributed by atoms with E-state index in [0.717, 1.165) is 0 Å². The molecule has 0 atom stereocenters. The molecule has 14 heavy (non-hydrogen) atoms. The molecule has 1 aromatic rings. The van der Waals surface area contributed by atoms with E-state index in [4.69, 9.17) is 4.74 Å². The number of nitro benzene ring substituents is 1. The molecule has 0 bridgehead atoms. The quantitative estimate of drug-likeness (QED) is 0.474. The van der Waals surface area contributed by atoms with Gasteiger partial charge in [0.2, 0.25) is 0 Å². The standard InChI is InChI=1S/C8H6BrNO4/c1-14-7-3-2-6(9)8(10(12)13)5(7)4-11/h2-4H,1H3. The Morgan fingerprint density at radius 1 is 1.57 bits per heavy atom. The summed E-state index contributed by atoms with van der Waals surface area (Å²) in [5.41, 5.74) is -0.341. The maximum absolute atomic E-state index is 10.7. The van der Waals surface area contributed by atoms with Gasteiger partial charge in [-0.2, -0.15) is 0 Å². The van der Waals surface area contributed by atoms with Crippen molar-refractivity contribution in [2.75, 3.05) is 7.11 Å². The van der Waals surface area contributed by atoms with Crippen molar-refractivity contribution in [1.29, 1.82) is 0 Å². The van der Waals surface area contributed by atoms with E-state index >= 15 is 0 Å². The molecule has 0 unspecified atom stereocenters. The first-order chi connectivity index (χ1) is 6.61. The van der Waals surface area contributed by atoms with E-state index in [1.54, 1.807) is 0 Å². The van der Waals surface area contributed by atoms with Crippen LogP contribution >= 0.6 is 15.9 Å². The molecular formula is C8H6BrNO4. The Labute approximate surface area is 88.0 Å². The van der Waals surface area contributed by atoms with Gasteiger partial charge < -0.3 is 4.74 Å². The molecule has 1 aromatic carbocycles. The lowest BCUT2D eigenvalue weighted by Gasteiger charge is -2.04. The number of methoxy groups -OCH3 is 1. The second-order valence-corrected chi connectivity index (χ2v) is 3.24. The van der Waals surface area contributed by atoms with Crippen LogP contribution in [0.15, 0.2) is 16.6 Å². The molecule has 74 valence electrons. The fourth-order valence-corrected chi connectivity index (χ4v) is 1.53. The van der Waals surface area contributed by atoms with Gasteiger partial charge in [0.1, 0.15) is 11.3 Å². The van der Waals surface area contributed by atoms with Gasteiger partial charge in [0.05, 0.1) is 16.5 Å². The van der Waals surface area contributed by atoms with Gasteiger partial charge in [-0.15, -0.1) is 0 Å². The minimum absolute atomic E-state index is 0.0631. The Kier molecular flexibility index (Phi) is 3.19. The maximum Gasteiger partial charge on any atom is 0.297 e. The van der Waals surface area contributed by atoms with E-state index in [-0.39, 0.29) is 21.5 Å². The van der Waals surface area contributed by atoms with Gasteiger partial charge >= 0.3 is 0 Å². The largest absolute Gasteiger partial charge is 0.496 e. The zero-order chi connectivity index (χ0) is 10.7. The lowest BCUT2D eigenvalue weighted by molar-refractivity contribution is -0.385. The summed E-state index contributed by atoms with van der Waals surface area (Å²) in [6, 6.07) is 2.95. The molecule has 0 aliphatic carbocycles. The number of aldehydes is 1. The predicted molar refractivity (Wildman–Crippen MR) is 52.7 cm³/mol. The van der Waals surface area contributed by atoms with Crippen molar-refractivity contribution in [3.63, 3.8) is 0 Å². The smallest absolute Gasteiger partial charge is 0.297 e. The molecule has 0 saturated heterocycles.